The predicted molar refractivity (Wildman–Crippen MR) is 110 cm³/mol. The first-order valence-corrected chi connectivity index (χ1v) is 9.12. The highest BCUT2D eigenvalue weighted by atomic mass is 16.5. The van der Waals surface area contributed by atoms with Gasteiger partial charge in [-0.05, 0) is 54.8 Å². The Hall–Kier alpha value is -3.34. The number of hydrogen-bond donors (Lipinski definition) is 1. The first kappa shape index (κ1) is 19.4. The molecule has 1 aromatic heterocycles. The summed E-state index contributed by atoms with van der Waals surface area (Å²) in [6.45, 7) is 2.01. The molecule has 0 saturated carbocycles. The number of hydrogen-bond acceptors (Lipinski definition) is 4. The molecule has 28 heavy (non-hydrogen) atoms. The quantitative estimate of drug-likeness (QED) is 0.701. The van der Waals surface area contributed by atoms with E-state index in [1.165, 1.54) is 0 Å². The molecule has 0 bridgehead atoms. The summed E-state index contributed by atoms with van der Waals surface area (Å²) in [6.07, 6.45) is 4.05. The molecule has 3 rings (SSSR count). The number of benzene rings is 2. The average Bonchev–Trinajstić information content (AvgIpc) is 2.74. The van der Waals surface area contributed by atoms with Crippen molar-refractivity contribution in [1.82, 2.24) is 9.88 Å². The zero-order chi connectivity index (χ0) is 20.1. The Bertz CT molecular complexity index is 937. The first-order chi connectivity index (χ1) is 13.5. The Morgan fingerprint density at radius 1 is 1.07 bits per heavy atom. The van der Waals surface area contributed by atoms with Crippen LogP contribution in [-0.2, 0) is 6.42 Å². The number of carbonyl (C=O) groups excluding carboxylic acids is 1. The van der Waals surface area contributed by atoms with Gasteiger partial charge in [-0.3, -0.25) is 9.78 Å². The summed E-state index contributed by atoms with van der Waals surface area (Å²) < 4.78 is 5.19. The highest BCUT2D eigenvalue weighted by molar-refractivity contribution is 5.95. The van der Waals surface area contributed by atoms with Gasteiger partial charge in [-0.1, -0.05) is 24.3 Å². The van der Waals surface area contributed by atoms with Crippen LogP contribution in [0.3, 0.4) is 0 Å². The number of pyridine rings is 1. The van der Waals surface area contributed by atoms with Crippen LogP contribution in [0, 0.1) is 0 Å². The molecule has 2 aromatic carbocycles. The molecule has 0 saturated heterocycles. The lowest BCUT2D eigenvalue weighted by Crippen LogP contribution is -2.36. The standard InChI is InChI=1S/C23H24N2O3/c1-16(12-17-4-8-21(26)9-5-17)25(2)23(27)20-13-19(14-24-15-20)18-6-10-22(28-3)11-7-18/h4-11,13-16,26H,12H2,1-3H3/t16-/m1/s1. The molecule has 1 N–H and O–H groups in total. The number of likely N-dealkylation sites (N-methyl/N-ethyl adjacent to an activating group) is 1. The number of ether oxygens (including phenoxy) is 1. The molecule has 3 aromatic rings. The lowest BCUT2D eigenvalue weighted by atomic mass is 10.0. The van der Waals surface area contributed by atoms with E-state index in [1.807, 2.05) is 49.4 Å². The van der Waals surface area contributed by atoms with E-state index in [0.29, 0.717) is 12.0 Å². The zero-order valence-corrected chi connectivity index (χ0v) is 16.3. The summed E-state index contributed by atoms with van der Waals surface area (Å²) in [6, 6.07) is 16.6. The van der Waals surface area contributed by atoms with Gasteiger partial charge < -0.3 is 14.7 Å². The van der Waals surface area contributed by atoms with Gasteiger partial charge in [-0.15, -0.1) is 0 Å². The predicted octanol–water partition coefficient (Wildman–Crippen LogP) is 4.17. The fourth-order valence-electron chi connectivity index (χ4n) is 3.01. The molecule has 0 unspecified atom stereocenters. The van der Waals surface area contributed by atoms with Gasteiger partial charge in [0.2, 0.25) is 0 Å². The van der Waals surface area contributed by atoms with Crippen molar-refractivity contribution in [1.29, 1.82) is 0 Å². The fourth-order valence-corrected chi connectivity index (χ4v) is 3.01. The minimum atomic E-state index is -0.0749. The molecule has 144 valence electrons. The van der Waals surface area contributed by atoms with Gasteiger partial charge in [0, 0.05) is 31.0 Å². The fraction of sp³-hybridized carbons (Fsp3) is 0.217. The van der Waals surface area contributed by atoms with E-state index in [0.717, 1.165) is 22.4 Å². The van der Waals surface area contributed by atoms with Gasteiger partial charge in [-0.25, -0.2) is 0 Å². The van der Waals surface area contributed by atoms with Crippen molar-refractivity contribution in [3.63, 3.8) is 0 Å². The second-order valence-electron chi connectivity index (χ2n) is 6.83. The van der Waals surface area contributed by atoms with Crippen LogP contribution < -0.4 is 4.74 Å². The van der Waals surface area contributed by atoms with E-state index in [2.05, 4.69) is 4.98 Å². The van der Waals surface area contributed by atoms with Crippen LogP contribution >= 0.6 is 0 Å². The lowest BCUT2D eigenvalue weighted by molar-refractivity contribution is 0.0743. The Morgan fingerprint density at radius 3 is 2.39 bits per heavy atom. The van der Waals surface area contributed by atoms with Crippen LogP contribution in [0.4, 0.5) is 0 Å². The lowest BCUT2D eigenvalue weighted by Gasteiger charge is -2.25. The summed E-state index contributed by atoms with van der Waals surface area (Å²) in [5.74, 6) is 0.947. The molecule has 0 aliphatic heterocycles. The third-order valence-corrected chi connectivity index (χ3v) is 4.86. The molecule has 1 heterocycles. The molecule has 1 amide bonds. The van der Waals surface area contributed by atoms with Crippen LogP contribution in [0.5, 0.6) is 11.5 Å². The second kappa shape index (κ2) is 8.57. The van der Waals surface area contributed by atoms with Crippen LogP contribution in [0.2, 0.25) is 0 Å². The molecule has 1 atom stereocenters. The van der Waals surface area contributed by atoms with Gasteiger partial charge in [0.05, 0.1) is 12.7 Å². The maximum Gasteiger partial charge on any atom is 0.255 e. The van der Waals surface area contributed by atoms with E-state index in [9.17, 15) is 9.90 Å². The van der Waals surface area contributed by atoms with Crippen molar-refractivity contribution in [2.45, 2.75) is 19.4 Å². The maximum atomic E-state index is 12.9. The van der Waals surface area contributed by atoms with Crippen molar-refractivity contribution < 1.29 is 14.6 Å². The number of carbonyl (C=O) groups is 1. The molecule has 0 aliphatic carbocycles. The Kier molecular flexibility index (Phi) is 5.94. The SMILES string of the molecule is COc1ccc(-c2cncc(C(=O)N(C)[C@H](C)Cc3ccc(O)cc3)c2)cc1. The monoisotopic (exact) mass is 376 g/mol. The molecule has 5 nitrogen and oxygen atoms in total. The molecule has 5 heteroatoms. The molecular formula is C23H24N2O3. The Balaban J connectivity index is 1.74. The number of phenols is 1. The minimum Gasteiger partial charge on any atom is -0.508 e. The van der Waals surface area contributed by atoms with Crippen LogP contribution in [0.15, 0.2) is 67.0 Å². The van der Waals surface area contributed by atoms with Crippen LogP contribution in [0.1, 0.15) is 22.8 Å². The molecule has 0 fully saturated rings. The van der Waals surface area contributed by atoms with Crippen LogP contribution in [-0.4, -0.2) is 41.1 Å². The number of aromatic hydroxyl groups is 1. The van der Waals surface area contributed by atoms with Crippen LogP contribution in [0.25, 0.3) is 11.1 Å². The number of rotatable bonds is 6. The van der Waals surface area contributed by atoms with E-state index < -0.39 is 0 Å². The maximum absolute atomic E-state index is 12.9. The van der Waals surface area contributed by atoms with E-state index in [4.69, 9.17) is 4.74 Å². The third-order valence-electron chi connectivity index (χ3n) is 4.86. The zero-order valence-electron chi connectivity index (χ0n) is 16.3. The third kappa shape index (κ3) is 4.49. The Labute approximate surface area is 165 Å². The summed E-state index contributed by atoms with van der Waals surface area (Å²) >= 11 is 0. The minimum absolute atomic E-state index is 0.00156. The summed E-state index contributed by atoms with van der Waals surface area (Å²) in [4.78, 5) is 18.9. The summed E-state index contributed by atoms with van der Waals surface area (Å²) in [5, 5.41) is 9.41. The number of methoxy groups -OCH3 is 1. The number of nitrogens with zero attached hydrogens (tertiary/aromatic N) is 2. The average molecular weight is 376 g/mol. The molecule has 0 aliphatic rings. The summed E-state index contributed by atoms with van der Waals surface area (Å²) in [5.41, 5.74) is 3.47. The van der Waals surface area contributed by atoms with Gasteiger partial charge in [0.15, 0.2) is 0 Å². The smallest absolute Gasteiger partial charge is 0.255 e. The van der Waals surface area contributed by atoms with Gasteiger partial charge >= 0.3 is 0 Å². The number of aromatic nitrogens is 1. The van der Waals surface area contributed by atoms with Crippen molar-refractivity contribution in [2.24, 2.45) is 0 Å². The van der Waals surface area contributed by atoms with Gasteiger partial charge in [0.25, 0.3) is 5.91 Å². The second-order valence-corrected chi connectivity index (χ2v) is 6.83. The highest BCUT2D eigenvalue weighted by Crippen LogP contribution is 2.23. The molecule has 0 radical (unpaired) electrons. The van der Waals surface area contributed by atoms with Crippen molar-refractivity contribution >= 4 is 5.91 Å². The van der Waals surface area contributed by atoms with Crippen molar-refractivity contribution in [3.8, 4) is 22.6 Å². The topological polar surface area (TPSA) is 62.7 Å². The summed E-state index contributed by atoms with van der Waals surface area (Å²) in [7, 11) is 3.43. The molecular weight excluding hydrogens is 352 g/mol. The molecule has 0 spiro atoms. The first-order valence-electron chi connectivity index (χ1n) is 9.12. The van der Waals surface area contributed by atoms with Crippen molar-refractivity contribution in [3.05, 3.63) is 78.1 Å². The van der Waals surface area contributed by atoms with Gasteiger partial charge in [-0.2, -0.15) is 0 Å². The van der Waals surface area contributed by atoms with E-state index in [1.54, 1.807) is 43.6 Å². The van der Waals surface area contributed by atoms with Gasteiger partial charge in [0.1, 0.15) is 11.5 Å². The van der Waals surface area contributed by atoms with E-state index >= 15 is 0 Å². The Morgan fingerprint density at radius 2 is 1.75 bits per heavy atom. The largest absolute Gasteiger partial charge is 0.508 e. The normalized spacial score (nSPS) is 11.7. The van der Waals surface area contributed by atoms with E-state index in [-0.39, 0.29) is 17.7 Å². The van der Waals surface area contributed by atoms with Crippen molar-refractivity contribution in [2.75, 3.05) is 14.2 Å². The number of amides is 1. The number of phenolic OH excluding ortho intramolecular Hbond substituents is 1. The highest BCUT2D eigenvalue weighted by Gasteiger charge is 2.19.